The molecule has 2 aromatic rings. The minimum atomic E-state index is -0.0554. The molecule has 3 fully saturated rings. The van der Waals surface area contributed by atoms with Crippen LogP contribution in [0.4, 0.5) is 16.8 Å². The smallest absolute Gasteiger partial charge is 0.229 e. The molecule has 0 spiro atoms. The van der Waals surface area contributed by atoms with Gasteiger partial charge in [0.2, 0.25) is 5.95 Å². The average Bonchev–Trinajstić information content (AvgIpc) is 3.46. The zero-order valence-electron chi connectivity index (χ0n) is 18.3. The molecule has 0 amide bonds. The minimum absolute atomic E-state index is 0.0554. The predicted octanol–water partition coefficient (Wildman–Crippen LogP) is 2.79. The third kappa shape index (κ3) is 4.38. The Hall–Kier alpha value is -2.28. The van der Waals surface area contributed by atoms with Gasteiger partial charge in [0.25, 0.3) is 0 Å². The highest BCUT2D eigenvalue weighted by Gasteiger charge is 2.49. The maximum absolute atomic E-state index is 9.55. The number of hydrogen-bond acceptors (Lipinski definition) is 9. The fraction of sp³-hybridized carbons (Fsp3) is 0.636. The molecule has 2 aliphatic heterocycles. The molecular weight excluding hydrogens is 408 g/mol. The van der Waals surface area contributed by atoms with Crippen molar-refractivity contribution >= 4 is 28.3 Å². The lowest BCUT2D eigenvalue weighted by atomic mass is 9.83. The summed E-state index contributed by atoms with van der Waals surface area (Å²) in [6.45, 7) is 11.4. The first-order chi connectivity index (χ1) is 15.0. The van der Waals surface area contributed by atoms with Crippen molar-refractivity contribution in [2.75, 3.05) is 56.0 Å². The number of nitriles is 1. The lowest BCUT2D eigenvalue weighted by Gasteiger charge is -2.57. The van der Waals surface area contributed by atoms with Crippen molar-refractivity contribution in [3.8, 4) is 6.07 Å². The van der Waals surface area contributed by atoms with Crippen LogP contribution >= 0.6 is 11.5 Å². The minimum Gasteiger partial charge on any atom is -0.352 e. The summed E-state index contributed by atoms with van der Waals surface area (Å²) in [6.07, 6.45) is 5.26. The molecule has 0 aromatic carbocycles. The summed E-state index contributed by atoms with van der Waals surface area (Å²) in [6, 6.07) is 4.46. The van der Waals surface area contributed by atoms with Gasteiger partial charge in [-0.05, 0) is 50.2 Å². The van der Waals surface area contributed by atoms with Crippen LogP contribution in [0.1, 0.15) is 30.5 Å². The fourth-order valence-electron chi connectivity index (χ4n) is 4.80. The van der Waals surface area contributed by atoms with E-state index in [1.165, 1.54) is 30.9 Å². The van der Waals surface area contributed by atoms with E-state index in [9.17, 15) is 5.26 Å². The van der Waals surface area contributed by atoms with Gasteiger partial charge in [-0.1, -0.05) is 0 Å². The molecule has 1 aliphatic carbocycles. The van der Waals surface area contributed by atoms with Crippen LogP contribution < -0.4 is 10.2 Å². The van der Waals surface area contributed by atoms with Crippen LogP contribution in [0.5, 0.6) is 0 Å². The Morgan fingerprint density at radius 3 is 2.65 bits per heavy atom. The molecule has 0 unspecified atom stereocenters. The molecule has 0 radical (unpaired) electrons. The van der Waals surface area contributed by atoms with Gasteiger partial charge in [0.1, 0.15) is 10.8 Å². The molecule has 9 heteroatoms. The van der Waals surface area contributed by atoms with Gasteiger partial charge in [0.05, 0.1) is 23.7 Å². The second-order valence-electron chi connectivity index (χ2n) is 9.30. The largest absolute Gasteiger partial charge is 0.352 e. The molecule has 1 N–H and O–H groups in total. The summed E-state index contributed by atoms with van der Waals surface area (Å²) in [5.41, 5.74) is 1.99. The van der Waals surface area contributed by atoms with Crippen LogP contribution in [-0.2, 0) is 0 Å². The first kappa shape index (κ1) is 20.6. The molecule has 5 rings (SSSR count). The molecule has 164 valence electrons. The Bertz CT molecular complexity index is 964. The van der Waals surface area contributed by atoms with Crippen LogP contribution in [0, 0.1) is 31.1 Å². The maximum atomic E-state index is 9.55. The van der Waals surface area contributed by atoms with Gasteiger partial charge in [-0.15, -0.1) is 0 Å². The van der Waals surface area contributed by atoms with Crippen LogP contribution in [0.3, 0.4) is 0 Å². The summed E-state index contributed by atoms with van der Waals surface area (Å²) in [7, 11) is 0. The highest BCUT2D eigenvalue weighted by molar-refractivity contribution is 7.10. The van der Waals surface area contributed by atoms with Crippen molar-refractivity contribution in [3.63, 3.8) is 0 Å². The number of aromatic nitrogens is 3. The monoisotopic (exact) mass is 438 g/mol. The number of nitrogens with zero attached hydrogens (tertiary/aromatic N) is 7. The molecular formula is C22H30N8S. The van der Waals surface area contributed by atoms with E-state index in [2.05, 4.69) is 42.4 Å². The zero-order valence-corrected chi connectivity index (χ0v) is 19.2. The molecule has 8 nitrogen and oxygen atoms in total. The molecule has 0 bridgehead atoms. The number of nitrogens with one attached hydrogen (secondary N) is 1. The summed E-state index contributed by atoms with van der Waals surface area (Å²) >= 11 is 1.41. The standard InChI is InChI=1S/C22H30N8S/c1-16-12-24-21(25-19-11-17(2)27-31-19)26-20(16)29-14-22(15-29,5-6-23)30-9-7-28(8-10-30)13-18-3-4-18/h11-12,18H,3-5,7-10,13-15H2,1-2H3,(H,24,25,26). The van der Waals surface area contributed by atoms with E-state index < -0.39 is 0 Å². The van der Waals surface area contributed by atoms with Crippen molar-refractivity contribution < 1.29 is 0 Å². The van der Waals surface area contributed by atoms with E-state index in [1.54, 1.807) is 0 Å². The van der Waals surface area contributed by atoms with Gasteiger partial charge >= 0.3 is 0 Å². The Morgan fingerprint density at radius 1 is 1.23 bits per heavy atom. The van der Waals surface area contributed by atoms with Crippen molar-refractivity contribution in [3.05, 3.63) is 23.5 Å². The quantitative estimate of drug-likeness (QED) is 0.706. The number of aryl methyl sites for hydroxylation is 2. The van der Waals surface area contributed by atoms with Gasteiger partial charge in [0.15, 0.2) is 0 Å². The van der Waals surface area contributed by atoms with Gasteiger partial charge in [-0.2, -0.15) is 14.6 Å². The van der Waals surface area contributed by atoms with E-state index in [-0.39, 0.29) is 5.54 Å². The Kier molecular flexibility index (Phi) is 5.54. The first-order valence-corrected chi connectivity index (χ1v) is 12.0. The van der Waals surface area contributed by atoms with E-state index in [0.717, 1.165) is 67.3 Å². The third-order valence-electron chi connectivity index (χ3n) is 6.74. The maximum Gasteiger partial charge on any atom is 0.229 e. The summed E-state index contributed by atoms with van der Waals surface area (Å²) < 4.78 is 4.30. The number of piperazine rings is 1. The first-order valence-electron chi connectivity index (χ1n) is 11.2. The van der Waals surface area contributed by atoms with Gasteiger partial charge in [-0.3, -0.25) is 4.90 Å². The van der Waals surface area contributed by atoms with Crippen molar-refractivity contribution in [1.82, 2.24) is 24.1 Å². The lowest BCUT2D eigenvalue weighted by Crippen LogP contribution is -2.72. The van der Waals surface area contributed by atoms with Gasteiger partial charge < -0.3 is 15.1 Å². The average molecular weight is 439 g/mol. The van der Waals surface area contributed by atoms with Crippen LogP contribution in [-0.4, -0.2) is 75.5 Å². The molecule has 31 heavy (non-hydrogen) atoms. The summed E-state index contributed by atoms with van der Waals surface area (Å²) in [4.78, 5) is 16.7. The fourth-order valence-corrected chi connectivity index (χ4v) is 5.46. The van der Waals surface area contributed by atoms with E-state index in [1.807, 2.05) is 19.2 Å². The van der Waals surface area contributed by atoms with Crippen LogP contribution in [0.25, 0.3) is 0 Å². The SMILES string of the molecule is Cc1cc(Nc2ncc(C)c(N3CC(CC#N)(N4CCN(CC5CC5)CC4)C3)n2)sn1. The van der Waals surface area contributed by atoms with Crippen molar-refractivity contribution in [2.24, 2.45) is 5.92 Å². The summed E-state index contributed by atoms with van der Waals surface area (Å²) in [5, 5.41) is 13.8. The molecule has 0 atom stereocenters. The highest BCUT2D eigenvalue weighted by Crippen LogP contribution is 2.37. The molecule has 1 saturated carbocycles. The summed E-state index contributed by atoms with van der Waals surface area (Å²) in [5.74, 6) is 2.49. The Labute approximate surface area is 188 Å². The lowest BCUT2D eigenvalue weighted by molar-refractivity contribution is 0.0140. The Balaban J connectivity index is 1.25. The van der Waals surface area contributed by atoms with E-state index in [4.69, 9.17) is 4.98 Å². The molecule has 2 aromatic heterocycles. The van der Waals surface area contributed by atoms with Crippen LogP contribution in [0.15, 0.2) is 12.3 Å². The third-order valence-corrected chi connectivity index (χ3v) is 7.54. The normalized spacial score (nSPS) is 21.5. The number of rotatable bonds is 7. The molecule has 2 saturated heterocycles. The van der Waals surface area contributed by atoms with E-state index in [0.29, 0.717) is 12.4 Å². The van der Waals surface area contributed by atoms with E-state index >= 15 is 0 Å². The van der Waals surface area contributed by atoms with Crippen LogP contribution in [0.2, 0.25) is 0 Å². The molecule has 3 aliphatic rings. The zero-order chi connectivity index (χ0) is 21.4. The van der Waals surface area contributed by atoms with Crippen molar-refractivity contribution in [2.45, 2.75) is 38.6 Å². The predicted molar refractivity (Wildman–Crippen MR) is 123 cm³/mol. The van der Waals surface area contributed by atoms with Gasteiger partial charge in [0, 0.05) is 57.6 Å². The molecule has 4 heterocycles. The number of anilines is 3. The highest BCUT2D eigenvalue weighted by atomic mass is 32.1. The van der Waals surface area contributed by atoms with Gasteiger partial charge in [-0.25, -0.2) is 4.98 Å². The Morgan fingerprint density at radius 2 is 2.00 bits per heavy atom. The topological polar surface area (TPSA) is 84.2 Å². The second kappa shape index (κ2) is 8.34. The number of hydrogen-bond donors (Lipinski definition) is 1. The second-order valence-corrected chi connectivity index (χ2v) is 10.1. The van der Waals surface area contributed by atoms with Crippen molar-refractivity contribution in [1.29, 1.82) is 5.26 Å².